The summed E-state index contributed by atoms with van der Waals surface area (Å²) in [7, 11) is 0. The number of halogens is 2. The Morgan fingerprint density at radius 2 is 2.20 bits per heavy atom. The lowest BCUT2D eigenvalue weighted by molar-refractivity contribution is -0.121. The van der Waals surface area contributed by atoms with Crippen molar-refractivity contribution in [3.63, 3.8) is 0 Å². The summed E-state index contributed by atoms with van der Waals surface area (Å²) in [6.07, 6.45) is 1.26. The number of amides is 1. The van der Waals surface area contributed by atoms with Gasteiger partial charge in [-0.15, -0.1) is 0 Å². The number of carbonyl (C=O) groups is 2. The van der Waals surface area contributed by atoms with Gasteiger partial charge in [0.1, 0.15) is 5.15 Å². The predicted molar refractivity (Wildman–Crippen MR) is 56.7 cm³/mol. The highest BCUT2D eigenvalue weighted by Gasteiger charge is 2.31. The molecule has 1 amide bonds. The highest BCUT2D eigenvalue weighted by Crippen LogP contribution is 2.25. The molecule has 0 N–H and O–H groups in total. The minimum Gasteiger partial charge on any atom is -0.297 e. The Labute approximate surface area is 98.6 Å². The molecule has 0 radical (unpaired) electrons. The maximum absolute atomic E-state index is 11.4. The standard InChI is InChI=1S/C8H5BrClN3O2/c9-7-8(11-2-5(10)12-7)13-3-4(14)1-6(13)15/h2H,1,3H2. The van der Waals surface area contributed by atoms with Crippen molar-refractivity contribution in [3.8, 4) is 0 Å². The molecule has 0 aromatic carbocycles. The first kappa shape index (κ1) is 10.5. The summed E-state index contributed by atoms with van der Waals surface area (Å²) in [5.74, 6) is -0.0591. The van der Waals surface area contributed by atoms with E-state index in [4.69, 9.17) is 11.6 Å². The van der Waals surface area contributed by atoms with Gasteiger partial charge in [-0.1, -0.05) is 11.6 Å². The second-order valence-corrected chi connectivity index (χ2v) is 4.14. The molecule has 0 spiro atoms. The van der Waals surface area contributed by atoms with E-state index in [2.05, 4.69) is 25.9 Å². The van der Waals surface area contributed by atoms with Crippen LogP contribution in [0.5, 0.6) is 0 Å². The van der Waals surface area contributed by atoms with E-state index >= 15 is 0 Å². The molecule has 0 saturated carbocycles. The van der Waals surface area contributed by atoms with Gasteiger partial charge >= 0.3 is 0 Å². The fraction of sp³-hybridized carbons (Fsp3) is 0.250. The molecule has 1 aromatic heterocycles. The SMILES string of the molecule is O=C1CC(=O)N(c2ncc(Cl)nc2Br)C1. The minimum absolute atomic E-state index is 0.0494. The molecule has 2 heterocycles. The predicted octanol–water partition coefficient (Wildman–Crippen LogP) is 1.20. The summed E-state index contributed by atoms with van der Waals surface area (Å²) in [6.45, 7) is 0.0494. The molecule has 15 heavy (non-hydrogen) atoms. The minimum atomic E-state index is -0.266. The van der Waals surface area contributed by atoms with Crippen molar-refractivity contribution >= 4 is 45.0 Å². The summed E-state index contributed by atoms with van der Waals surface area (Å²) in [5, 5.41) is 0.226. The Balaban J connectivity index is 2.38. The van der Waals surface area contributed by atoms with Crippen LogP contribution in [0.4, 0.5) is 5.82 Å². The number of hydrogen-bond donors (Lipinski definition) is 0. The van der Waals surface area contributed by atoms with Gasteiger partial charge < -0.3 is 0 Å². The monoisotopic (exact) mass is 289 g/mol. The lowest BCUT2D eigenvalue weighted by Crippen LogP contribution is -2.26. The van der Waals surface area contributed by atoms with Crippen LogP contribution in [0.25, 0.3) is 0 Å². The van der Waals surface area contributed by atoms with Crippen LogP contribution < -0.4 is 4.90 Å². The van der Waals surface area contributed by atoms with E-state index in [1.165, 1.54) is 11.1 Å². The molecule has 0 bridgehead atoms. The van der Waals surface area contributed by atoms with Crippen LogP contribution in [0.3, 0.4) is 0 Å². The van der Waals surface area contributed by atoms with Crippen LogP contribution in [0.1, 0.15) is 6.42 Å². The first-order valence-electron chi connectivity index (χ1n) is 4.08. The van der Waals surface area contributed by atoms with Crippen LogP contribution in [0, 0.1) is 0 Å². The van der Waals surface area contributed by atoms with E-state index in [0.717, 1.165) is 0 Å². The number of rotatable bonds is 1. The van der Waals surface area contributed by atoms with Gasteiger partial charge in [0.2, 0.25) is 5.91 Å². The van der Waals surface area contributed by atoms with E-state index in [0.29, 0.717) is 10.4 Å². The molecular weight excluding hydrogens is 285 g/mol. The van der Waals surface area contributed by atoms with Gasteiger partial charge in [0.25, 0.3) is 0 Å². The number of hydrogen-bond acceptors (Lipinski definition) is 4. The zero-order valence-corrected chi connectivity index (χ0v) is 9.75. The lowest BCUT2D eigenvalue weighted by atomic mass is 10.3. The fourth-order valence-corrected chi connectivity index (χ4v) is 2.04. The molecule has 1 aliphatic heterocycles. The van der Waals surface area contributed by atoms with Gasteiger partial charge in [-0.2, -0.15) is 0 Å². The van der Waals surface area contributed by atoms with Crippen molar-refractivity contribution in [2.75, 3.05) is 11.4 Å². The highest BCUT2D eigenvalue weighted by molar-refractivity contribution is 9.10. The summed E-state index contributed by atoms with van der Waals surface area (Å²) >= 11 is 8.76. The summed E-state index contributed by atoms with van der Waals surface area (Å²) in [6, 6.07) is 0. The van der Waals surface area contributed by atoms with E-state index in [1.54, 1.807) is 0 Å². The molecule has 2 rings (SSSR count). The molecule has 78 valence electrons. The molecule has 7 heteroatoms. The van der Waals surface area contributed by atoms with E-state index in [-0.39, 0.29) is 29.8 Å². The maximum atomic E-state index is 11.4. The zero-order chi connectivity index (χ0) is 11.0. The van der Waals surface area contributed by atoms with Gasteiger partial charge in [0.15, 0.2) is 16.2 Å². The summed E-state index contributed by atoms with van der Waals surface area (Å²) in [5.41, 5.74) is 0. The zero-order valence-electron chi connectivity index (χ0n) is 7.41. The lowest BCUT2D eigenvalue weighted by Gasteiger charge is -2.13. The third-order valence-electron chi connectivity index (χ3n) is 1.92. The van der Waals surface area contributed by atoms with Crippen molar-refractivity contribution in [1.29, 1.82) is 0 Å². The number of nitrogens with zero attached hydrogens (tertiary/aromatic N) is 3. The van der Waals surface area contributed by atoms with Crippen LogP contribution in [0.15, 0.2) is 10.8 Å². The Morgan fingerprint density at radius 3 is 2.73 bits per heavy atom. The number of anilines is 1. The fourth-order valence-electron chi connectivity index (χ4n) is 1.30. The molecule has 1 aliphatic rings. The molecule has 1 aromatic rings. The summed E-state index contributed by atoms with van der Waals surface area (Å²) < 4.78 is 0.359. The Bertz CT molecular complexity index is 452. The molecule has 0 unspecified atom stereocenters. The average molecular weight is 291 g/mol. The van der Waals surface area contributed by atoms with Gasteiger partial charge in [-0.25, -0.2) is 9.97 Å². The van der Waals surface area contributed by atoms with Crippen LogP contribution in [-0.2, 0) is 9.59 Å². The Hall–Kier alpha value is -1.01. The van der Waals surface area contributed by atoms with Crippen molar-refractivity contribution in [1.82, 2.24) is 9.97 Å². The average Bonchev–Trinajstić information content (AvgIpc) is 2.45. The van der Waals surface area contributed by atoms with Crippen LogP contribution >= 0.6 is 27.5 Å². The van der Waals surface area contributed by atoms with Gasteiger partial charge in [-0.3, -0.25) is 14.5 Å². The van der Waals surface area contributed by atoms with Gasteiger partial charge in [-0.05, 0) is 15.9 Å². The number of carbonyl (C=O) groups excluding carboxylic acids is 2. The first-order chi connectivity index (χ1) is 7.08. The van der Waals surface area contributed by atoms with Gasteiger partial charge in [0, 0.05) is 0 Å². The maximum Gasteiger partial charge on any atom is 0.236 e. The topological polar surface area (TPSA) is 63.2 Å². The molecule has 1 saturated heterocycles. The molecule has 0 atom stereocenters. The molecule has 1 fully saturated rings. The number of Topliss-reactive ketones (excluding diaryl/α,β-unsaturated/α-hetero) is 1. The third-order valence-corrected chi connectivity index (χ3v) is 2.64. The van der Waals surface area contributed by atoms with Crippen molar-refractivity contribution in [2.24, 2.45) is 0 Å². The van der Waals surface area contributed by atoms with Crippen molar-refractivity contribution < 1.29 is 9.59 Å². The Kier molecular flexibility index (Phi) is 2.70. The molecule has 5 nitrogen and oxygen atoms in total. The smallest absolute Gasteiger partial charge is 0.236 e. The quantitative estimate of drug-likeness (QED) is 0.729. The molecule has 0 aliphatic carbocycles. The van der Waals surface area contributed by atoms with Crippen LogP contribution in [0.2, 0.25) is 5.15 Å². The normalized spacial score (nSPS) is 16.3. The van der Waals surface area contributed by atoms with Crippen molar-refractivity contribution in [2.45, 2.75) is 6.42 Å². The van der Waals surface area contributed by atoms with Gasteiger partial charge in [0.05, 0.1) is 19.2 Å². The Morgan fingerprint density at radius 1 is 1.47 bits per heavy atom. The highest BCUT2D eigenvalue weighted by atomic mass is 79.9. The van der Waals surface area contributed by atoms with E-state index in [1.807, 2.05) is 0 Å². The van der Waals surface area contributed by atoms with Crippen molar-refractivity contribution in [3.05, 3.63) is 16.0 Å². The largest absolute Gasteiger partial charge is 0.297 e. The summed E-state index contributed by atoms with van der Waals surface area (Å²) in [4.78, 5) is 31.6. The number of ketones is 1. The van der Waals surface area contributed by atoms with Crippen LogP contribution in [-0.4, -0.2) is 28.2 Å². The molecular formula is C8H5BrClN3O2. The second kappa shape index (κ2) is 3.86. The number of aromatic nitrogens is 2. The third kappa shape index (κ3) is 2.00. The second-order valence-electron chi connectivity index (χ2n) is 3.00. The van der Waals surface area contributed by atoms with E-state index in [9.17, 15) is 9.59 Å². The van der Waals surface area contributed by atoms with E-state index < -0.39 is 0 Å². The first-order valence-corrected chi connectivity index (χ1v) is 5.25.